The van der Waals surface area contributed by atoms with Gasteiger partial charge in [-0.15, -0.1) is 11.3 Å². The van der Waals surface area contributed by atoms with Gasteiger partial charge in [0.1, 0.15) is 0 Å². The van der Waals surface area contributed by atoms with Gasteiger partial charge in [-0.25, -0.2) is 0 Å². The Labute approximate surface area is 118 Å². The van der Waals surface area contributed by atoms with Crippen molar-refractivity contribution in [3.8, 4) is 0 Å². The Bertz CT molecular complexity index is 442. The first kappa shape index (κ1) is 13.1. The van der Waals surface area contributed by atoms with E-state index >= 15 is 0 Å². The molecule has 0 aliphatic carbocycles. The molecule has 2 nitrogen and oxygen atoms in total. The topological polar surface area (TPSA) is 25.2 Å². The minimum Gasteiger partial charge on any atom is -0.453 e. The molecule has 0 aliphatic heterocycles. The van der Waals surface area contributed by atoms with Gasteiger partial charge in [0.05, 0.1) is 12.3 Å². The Morgan fingerprint density at radius 1 is 1.53 bits per heavy atom. The summed E-state index contributed by atoms with van der Waals surface area (Å²) in [4.78, 5) is 1.22. The molecule has 1 N–H and O–H groups in total. The van der Waals surface area contributed by atoms with Crippen LogP contribution in [-0.2, 0) is 0 Å². The molecule has 0 bridgehead atoms. The van der Waals surface area contributed by atoms with Gasteiger partial charge in [-0.1, -0.05) is 6.92 Å². The lowest BCUT2D eigenvalue weighted by atomic mass is 10.1. The Morgan fingerprint density at radius 3 is 2.88 bits per heavy atom. The minimum absolute atomic E-state index is 0.0931. The van der Waals surface area contributed by atoms with Crippen LogP contribution >= 0.6 is 38.9 Å². The lowest BCUT2D eigenvalue weighted by Crippen LogP contribution is -2.22. The molecule has 2 heterocycles. The predicted molar refractivity (Wildman–Crippen MR) is 75.9 cm³/mol. The third-order valence-corrected chi connectivity index (χ3v) is 4.71. The molecule has 0 saturated carbocycles. The molecule has 0 aromatic carbocycles. The van der Waals surface area contributed by atoms with E-state index < -0.39 is 0 Å². The number of hydrogen-bond donors (Lipinski definition) is 1. The monoisotopic (exact) mass is 333 g/mol. The van der Waals surface area contributed by atoms with Gasteiger partial charge in [-0.3, -0.25) is 0 Å². The van der Waals surface area contributed by atoms with Crippen molar-refractivity contribution in [2.24, 2.45) is 0 Å². The van der Waals surface area contributed by atoms with Crippen LogP contribution in [0.1, 0.15) is 29.8 Å². The van der Waals surface area contributed by atoms with Crippen molar-refractivity contribution in [2.45, 2.75) is 19.4 Å². The molecule has 5 heteroatoms. The van der Waals surface area contributed by atoms with Crippen LogP contribution in [0.5, 0.6) is 0 Å². The molecule has 0 radical (unpaired) electrons. The van der Waals surface area contributed by atoms with Gasteiger partial charge in [0.25, 0.3) is 0 Å². The van der Waals surface area contributed by atoms with Crippen LogP contribution in [0.25, 0.3) is 0 Å². The van der Waals surface area contributed by atoms with Crippen LogP contribution < -0.4 is 5.32 Å². The molecule has 17 heavy (non-hydrogen) atoms. The molecular formula is C12H13BrClNOS. The van der Waals surface area contributed by atoms with Gasteiger partial charge >= 0.3 is 0 Å². The van der Waals surface area contributed by atoms with Crippen molar-refractivity contribution in [3.05, 3.63) is 43.9 Å². The van der Waals surface area contributed by atoms with Gasteiger partial charge in [-0.2, -0.15) is 0 Å². The van der Waals surface area contributed by atoms with Crippen LogP contribution in [0.15, 0.2) is 32.7 Å². The number of furan rings is 1. The van der Waals surface area contributed by atoms with Crippen LogP contribution in [-0.4, -0.2) is 6.54 Å². The summed E-state index contributed by atoms with van der Waals surface area (Å²) in [5.74, 6) is 0. The maximum atomic E-state index is 6.07. The fourth-order valence-corrected chi connectivity index (χ4v) is 3.57. The SMILES string of the molecule is CCCNC(c1ccoc1Cl)c1sccc1Br. The van der Waals surface area contributed by atoms with Crippen molar-refractivity contribution >= 4 is 38.9 Å². The molecule has 0 fully saturated rings. The van der Waals surface area contributed by atoms with Gasteiger partial charge in [0.15, 0.2) is 5.22 Å². The summed E-state index contributed by atoms with van der Waals surface area (Å²) in [6.07, 6.45) is 2.70. The second-order valence-corrected chi connectivity index (χ2v) is 5.81. The van der Waals surface area contributed by atoms with E-state index in [2.05, 4.69) is 39.6 Å². The van der Waals surface area contributed by atoms with Crippen molar-refractivity contribution in [3.63, 3.8) is 0 Å². The summed E-state index contributed by atoms with van der Waals surface area (Å²) in [5.41, 5.74) is 0.989. The molecule has 0 aliphatic rings. The zero-order chi connectivity index (χ0) is 12.3. The molecular weight excluding hydrogens is 322 g/mol. The predicted octanol–water partition coefficient (Wildman–Crippen LogP) is 4.85. The Hall–Kier alpha value is -0.290. The molecule has 2 rings (SSSR count). The van der Waals surface area contributed by atoms with E-state index in [1.54, 1.807) is 17.6 Å². The lowest BCUT2D eigenvalue weighted by molar-refractivity contribution is 0.552. The van der Waals surface area contributed by atoms with Gasteiger partial charge in [0.2, 0.25) is 0 Å². The first-order valence-electron chi connectivity index (χ1n) is 5.43. The number of nitrogens with one attached hydrogen (secondary N) is 1. The molecule has 2 aromatic heterocycles. The highest BCUT2D eigenvalue weighted by Gasteiger charge is 2.21. The van der Waals surface area contributed by atoms with E-state index in [0.717, 1.165) is 23.0 Å². The zero-order valence-electron chi connectivity index (χ0n) is 9.37. The third-order valence-electron chi connectivity index (χ3n) is 2.46. The Kier molecular flexibility index (Phi) is 4.68. The highest BCUT2D eigenvalue weighted by atomic mass is 79.9. The summed E-state index contributed by atoms with van der Waals surface area (Å²) >= 11 is 11.3. The number of thiophene rings is 1. The molecule has 0 spiro atoms. The average molecular weight is 335 g/mol. The standard InChI is InChI=1S/C12H13BrClNOS/c1-2-5-15-10(8-3-6-16-12(8)14)11-9(13)4-7-17-11/h3-4,6-7,10,15H,2,5H2,1H3. The van der Waals surface area contributed by atoms with Crippen LogP contribution in [0.2, 0.25) is 5.22 Å². The van der Waals surface area contributed by atoms with Crippen LogP contribution in [0.4, 0.5) is 0 Å². The van der Waals surface area contributed by atoms with E-state index in [1.807, 2.05) is 6.07 Å². The van der Waals surface area contributed by atoms with E-state index in [9.17, 15) is 0 Å². The minimum atomic E-state index is 0.0931. The summed E-state index contributed by atoms with van der Waals surface area (Å²) in [6, 6.07) is 4.06. The normalized spacial score (nSPS) is 12.9. The number of rotatable bonds is 5. The molecule has 1 atom stereocenters. The quantitative estimate of drug-likeness (QED) is 0.846. The first-order chi connectivity index (χ1) is 8.24. The Balaban J connectivity index is 2.32. The van der Waals surface area contributed by atoms with Gasteiger partial charge in [-0.05, 0) is 58.0 Å². The van der Waals surface area contributed by atoms with E-state index in [-0.39, 0.29) is 6.04 Å². The van der Waals surface area contributed by atoms with E-state index in [0.29, 0.717) is 5.22 Å². The van der Waals surface area contributed by atoms with Crippen molar-refractivity contribution in [1.29, 1.82) is 0 Å². The summed E-state index contributed by atoms with van der Waals surface area (Å²) in [7, 11) is 0. The smallest absolute Gasteiger partial charge is 0.198 e. The Morgan fingerprint density at radius 2 is 2.35 bits per heavy atom. The van der Waals surface area contributed by atoms with Gasteiger partial charge in [0, 0.05) is 14.9 Å². The highest BCUT2D eigenvalue weighted by molar-refractivity contribution is 9.10. The lowest BCUT2D eigenvalue weighted by Gasteiger charge is -2.16. The number of hydrogen-bond acceptors (Lipinski definition) is 3. The summed E-state index contributed by atoms with van der Waals surface area (Å²) < 4.78 is 6.28. The van der Waals surface area contributed by atoms with E-state index in [1.165, 1.54) is 4.88 Å². The average Bonchev–Trinajstić information content (AvgIpc) is 2.90. The van der Waals surface area contributed by atoms with Crippen molar-refractivity contribution < 1.29 is 4.42 Å². The van der Waals surface area contributed by atoms with Crippen LogP contribution in [0.3, 0.4) is 0 Å². The second kappa shape index (κ2) is 6.05. The molecule has 1 unspecified atom stereocenters. The highest BCUT2D eigenvalue weighted by Crippen LogP contribution is 2.36. The fourth-order valence-electron chi connectivity index (χ4n) is 1.65. The van der Waals surface area contributed by atoms with Crippen LogP contribution in [0, 0.1) is 0 Å². The third kappa shape index (κ3) is 2.94. The van der Waals surface area contributed by atoms with Crippen molar-refractivity contribution in [2.75, 3.05) is 6.54 Å². The van der Waals surface area contributed by atoms with Gasteiger partial charge < -0.3 is 9.73 Å². The maximum absolute atomic E-state index is 6.07. The number of halogens is 2. The molecule has 2 aromatic rings. The molecule has 0 amide bonds. The largest absolute Gasteiger partial charge is 0.453 e. The molecule has 0 saturated heterocycles. The second-order valence-electron chi connectivity index (χ2n) is 3.67. The molecule has 92 valence electrons. The maximum Gasteiger partial charge on any atom is 0.198 e. The first-order valence-corrected chi connectivity index (χ1v) is 7.48. The zero-order valence-corrected chi connectivity index (χ0v) is 12.5. The van der Waals surface area contributed by atoms with E-state index in [4.69, 9.17) is 16.0 Å². The summed E-state index contributed by atoms with van der Waals surface area (Å²) in [5, 5.41) is 6.01. The van der Waals surface area contributed by atoms with Crippen molar-refractivity contribution in [1.82, 2.24) is 5.32 Å². The fraction of sp³-hybridized carbons (Fsp3) is 0.333. The summed E-state index contributed by atoms with van der Waals surface area (Å²) in [6.45, 7) is 3.08.